The zero-order chi connectivity index (χ0) is 18.2. The number of aliphatic hydroxyl groups is 1. The first kappa shape index (κ1) is 18.3. The lowest BCUT2D eigenvalue weighted by atomic mass is 9.76. The van der Waals surface area contributed by atoms with E-state index in [0.717, 1.165) is 44.8 Å². The molecule has 2 fully saturated rings. The van der Waals surface area contributed by atoms with Crippen LogP contribution < -0.4 is 0 Å². The van der Waals surface area contributed by atoms with Crippen LogP contribution in [0.25, 0.3) is 0 Å². The van der Waals surface area contributed by atoms with Crippen molar-refractivity contribution in [3.05, 3.63) is 35.4 Å². The first-order valence-electron chi connectivity index (χ1n) is 9.16. The van der Waals surface area contributed by atoms with Crippen LogP contribution in [-0.4, -0.2) is 35.6 Å². The van der Waals surface area contributed by atoms with Crippen LogP contribution in [-0.2, 0) is 10.7 Å². The second-order valence-corrected chi connectivity index (χ2v) is 7.93. The SMILES string of the molecule is CC[C@H](CO)C(=O)N1CC2(CCC(c3ccc(C(C)(F)F)cc3)C2)C1. The lowest BCUT2D eigenvalue weighted by Crippen LogP contribution is -2.58. The number of hydrogen-bond acceptors (Lipinski definition) is 2. The number of nitrogens with zero attached hydrogens (tertiary/aromatic N) is 1. The van der Waals surface area contributed by atoms with Crippen molar-refractivity contribution in [2.45, 2.75) is 51.4 Å². The van der Waals surface area contributed by atoms with Gasteiger partial charge in [0.05, 0.1) is 12.5 Å². The van der Waals surface area contributed by atoms with E-state index in [-0.39, 0.29) is 29.4 Å². The van der Waals surface area contributed by atoms with Crippen LogP contribution in [0.4, 0.5) is 8.78 Å². The van der Waals surface area contributed by atoms with E-state index in [4.69, 9.17) is 0 Å². The number of rotatable bonds is 5. The van der Waals surface area contributed by atoms with Gasteiger partial charge in [0.2, 0.25) is 5.91 Å². The van der Waals surface area contributed by atoms with E-state index in [1.807, 2.05) is 24.0 Å². The molecule has 0 bridgehead atoms. The zero-order valence-electron chi connectivity index (χ0n) is 15.0. The number of carbonyl (C=O) groups excluding carboxylic acids is 1. The Hall–Kier alpha value is -1.49. The summed E-state index contributed by atoms with van der Waals surface area (Å²) in [5.41, 5.74) is 1.36. The summed E-state index contributed by atoms with van der Waals surface area (Å²) in [6.07, 6.45) is 3.79. The highest BCUT2D eigenvalue weighted by Gasteiger charge is 2.50. The molecular formula is C20H27F2NO2. The topological polar surface area (TPSA) is 40.5 Å². The smallest absolute Gasteiger partial charge is 0.270 e. The fourth-order valence-electron chi connectivity index (χ4n) is 4.39. The molecule has 3 rings (SSSR count). The Bertz CT molecular complexity index is 614. The maximum atomic E-state index is 13.3. The number of aliphatic hydroxyl groups excluding tert-OH is 1. The molecule has 2 aliphatic rings. The average Bonchev–Trinajstić information content (AvgIpc) is 2.99. The normalized spacial score (nSPS) is 23.6. The number of benzene rings is 1. The summed E-state index contributed by atoms with van der Waals surface area (Å²) in [6, 6.07) is 6.72. The predicted octanol–water partition coefficient (Wildman–Crippen LogP) is 3.91. The lowest BCUT2D eigenvalue weighted by molar-refractivity contribution is -0.149. The van der Waals surface area contributed by atoms with E-state index in [0.29, 0.717) is 12.3 Å². The van der Waals surface area contributed by atoms with Gasteiger partial charge in [0, 0.05) is 31.0 Å². The minimum atomic E-state index is -2.80. The molecule has 138 valence electrons. The molecule has 1 heterocycles. The predicted molar refractivity (Wildman–Crippen MR) is 92.5 cm³/mol. The Labute approximate surface area is 148 Å². The molecule has 0 radical (unpaired) electrons. The summed E-state index contributed by atoms with van der Waals surface area (Å²) in [7, 11) is 0. The summed E-state index contributed by atoms with van der Waals surface area (Å²) in [5.74, 6) is -2.63. The Balaban J connectivity index is 1.59. The van der Waals surface area contributed by atoms with Gasteiger partial charge >= 0.3 is 0 Å². The summed E-state index contributed by atoms with van der Waals surface area (Å²) >= 11 is 0. The number of carbonyl (C=O) groups is 1. The number of amides is 1. The Kier molecular flexibility index (Phi) is 4.89. The second kappa shape index (κ2) is 6.67. The molecule has 1 aromatic rings. The highest BCUT2D eigenvalue weighted by molar-refractivity contribution is 5.80. The van der Waals surface area contributed by atoms with Crippen molar-refractivity contribution in [2.75, 3.05) is 19.7 Å². The van der Waals surface area contributed by atoms with Gasteiger partial charge in [0.25, 0.3) is 5.92 Å². The molecule has 1 amide bonds. The maximum Gasteiger partial charge on any atom is 0.270 e. The molecule has 3 nitrogen and oxygen atoms in total. The van der Waals surface area contributed by atoms with E-state index in [1.54, 1.807) is 0 Å². The van der Waals surface area contributed by atoms with Crippen LogP contribution in [0.15, 0.2) is 24.3 Å². The minimum Gasteiger partial charge on any atom is -0.396 e. The van der Waals surface area contributed by atoms with Gasteiger partial charge in [0.15, 0.2) is 0 Å². The fourth-order valence-corrected chi connectivity index (χ4v) is 4.39. The molecule has 1 unspecified atom stereocenters. The van der Waals surface area contributed by atoms with E-state index in [2.05, 4.69) is 0 Å². The number of alkyl halides is 2. The Morgan fingerprint density at radius 1 is 1.36 bits per heavy atom. The lowest BCUT2D eigenvalue weighted by Gasteiger charge is -2.49. The van der Waals surface area contributed by atoms with Crippen LogP contribution in [0.1, 0.15) is 56.6 Å². The summed E-state index contributed by atoms with van der Waals surface area (Å²) in [4.78, 5) is 14.2. The van der Waals surface area contributed by atoms with Gasteiger partial charge in [0.1, 0.15) is 0 Å². The largest absolute Gasteiger partial charge is 0.396 e. The molecule has 1 saturated carbocycles. The van der Waals surface area contributed by atoms with Crippen molar-refractivity contribution in [2.24, 2.45) is 11.3 Å². The van der Waals surface area contributed by atoms with Gasteiger partial charge in [-0.05, 0) is 37.2 Å². The van der Waals surface area contributed by atoms with Crippen molar-refractivity contribution in [3.8, 4) is 0 Å². The van der Waals surface area contributed by atoms with Crippen molar-refractivity contribution in [1.82, 2.24) is 4.90 Å². The highest BCUT2D eigenvalue weighted by Crippen LogP contribution is 2.52. The molecule has 1 N–H and O–H groups in total. The van der Waals surface area contributed by atoms with E-state index >= 15 is 0 Å². The quantitative estimate of drug-likeness (QED) is 0.874. The van der Waals surface area contributed by atoms with Crippen LogP contribution in [0.2, 0.25) is 0 Å². The standard InChI is InChI=1S/C20H27F2NO2/c1-3-14(11-24)18(25)23-12-20(13-23)9-8-16(10-20)15-4-6-17(7-5-15)19(2,21)22/h4-7,14,16,24H,3,8-13H2,1-2H3/t14-,16?/m1/s1. The van der Waals surface area contributed by atoms with Crippen LogP contribution in [0, 0.1) is 11.3 Å². The van der Waals surface area contributed by atoms with Gasteiger partial charge in [-0.25, -0.2) is 8.78 Å². The third-order valence-corrected chi connectivity index (χ3v) is 6.02. The molecule has 2 atom stereocenters. The summed E-state index contributed by atoms with van der Waals surface area (Å²) in [5, 5.41) is 9.29. The zero-order valence-corrected chi connectivity index (χ0v) is 15.0. The average molecular weight is 351 g/mol. The highest BCUT2D eigenvalue weighted by atomic mass is 19.3. The van der Waals surface area contributed by atoms with Crippen molar-refractivity contribution in [1.29, 1.82) is 0 Å². The van der Waals surface area contributed by atoms with Crippen LogP contribution in [0.3, 0.4) is 0 Å². The minimum absolute atomic E-state index is 0.0546. The van der Waals surface area contributed by atoms with Crippen molar-refractivity contribution >= 4 is 5.91 Å². The summed E-state index contributed by atoms with van der Waals surface area (Å²) in [6.45, 7) is 4.29. The first-order chi connectivity index (χ1) is 11.8. The van der Waals surface area contributed by atoms with Gasteiger partial charge < -0.3 is 10.0 Å². The molecule has 1 aromatic carbocycles. The van der Waals surface area contributed by atoms with E-state index in [1.165, 1.54) is 12.1 Å². The third kappa shape index (κ3) is 3.57. The molecule has 1 saturated heterocycles. The van der Waals surface area contributed by atoms with Gasteiger partial charge in [-0.15, -0.1) is 0 Å². The number of hydrogen-bond donors (Lipinski definition) is 1. The monoisotopic (exact) mass is 351 g/mol. The van der Waals surface area contributed by atoms with Crippen molar-refractivity contribution < 1.29 is 18.7 Å². The Morgan fingerprint density at radius 3 is 2.52 bits per heavy atom. The number of likely N-dealkylation sites (tertiary alicyclic amines) is 1. The molecule has 1 aliphatic heterocycles. The first-order valence-corrected chi connectivity index (χ1v) is 9.16. The summed E-state index contributed by atoms with van der Waals surface area (Å²) < 4.78 is 26.7. The number of halogens is 2. The van der Waals surface area contributed by atoms with E-state index in [9.17, 15) is 18.7 Å². The third-order valence-electron chi connectivity index (χ3n) is 6.02. The molecule has 25 heavy (non-hydrogen) atoms. The van der Waals surface area contributed by atoms with Gasteiger partial charge in [-0.2, -0.15) is 0 Å². The van der Waals surface area contributed by atoms with Gasteiger partial charge in [-0.1, -0.05) is 31.2 Å². The molecule has 1 spiro atoms. The second-order valence-electron chi connectivity index (χ2n) is 7.93. The van der Waals surface area contributed by atoms with Crippen molar-refractivity contribution in [3.63, 3.8) is 0 Å². The molecule has 1 aliphatic carbocycles. The molecular weight excluding hydrogens is 324 g/mol. The van der Waals surface area contributed by atoms with E-state index < -0.39 is 5.92 Å². The maximum absolute atomic E-state index is 13.3. The Morgan fingerprint density at radius 2 is 2.00 bits per heavy atom. The fraction of sp³-hybridized carbons (Fsp3) is 0.650. The van der Waals surface area contributed by atoms with Gasteiger partial charge in [-0.3, -0.25) is 4.79 Å². The molecule has 0 aromatic heterocycles. The van der Waals surface area contributed by atoms with Crippen LogP contribution >= 0.6 is 0 Å². The molecule has 5 heteroatoms. The van der Waals surface area contributed by atoms with Crippen LogP contribution in [0.5, 0.6) is 0 Å².